The Hall–Kier alpha value is -1.75. The summed E-state index contributed by atoms with van der Waals surface area (Å²) in [7, 11) is 0. The summed E-state index contributed by atoms with van der Waals surface area (Å²) < 4.78 is 2.01. The van der Waals surface area contributed by atoms with E-state index in [1.807, 2.05) is 25.3 Å². The maximum absolute atomic E-state index is 10.7. The van der Waals surface area contributed by atoms with E-state index in [-0.39, 0.29) is 5.75 Å². The van der Waals surface area contributed by atoms with E-state index >= 15 is 0 Å². The Labute approximate surface area is 116 Å². The molecule has 0 unspecified atom stereocenters. The Morgan fingerprint density at radius 3 is 2.79 bits per heavy atom. The predicted octanol–water partition coefficient (Wildman–Crippen LogP) is 2.97. The topological polar surface area (TPSA) is 55.1 Å². The van der Waals surface area contributed by atoms with Crippen LogP contribution in [0.15, 0.2) is 29.6 Å². The third-order valence-corrected chi connectivity index (χ3v) is 3.77. The van der Waals surface area contributed by atoms with Gasteiger partial charge in [0.15, 0.2) is 5.16 Å². The van der Waals surface area contributed by atoms with Gasteiger partial charge in [0.25, 0.3) is 0 Å². The van der Waals surface area contributed by atoms with E-state index in [2.05, 4.69) is 23.2 Å². The van der Waals surface area contributed by atoms with Gasteiger partial charge in [0.05, 0.1) is 11.4 Å². The van der Waals surface area contributed by atoms with Gasteiger partial charge in [-0.05, 0) is 38.0 Å². The molecule has 1 aromatic carbocycles. The van der Waals surface area contributed by atoms with E-state index in [0.29, 0.717) is 5.16 Å². The van der Waals surface area contributed by atoms with Crippen LogP contribution in [0.3, 0.4) is 0 Å². The second kappa shape index (κ2) is 5.48. The molecule has 2 aromatic rings. The quantitative estimate of drug-likeness (QED) is 0.872. The zero-order valence-electron chi connectivity index (χ0n) is 11.2. The second-order valence-corrected chi connectivity index (χ2v) is 5.43. The predicted molar refractivity (Wildman–Crippen MR) is 76.1 cm³/mol. The molecule has 1 N–H and O–H groups in total. The minimum Gasteiger partial charge on any atom is -0.481 e. The van der Waals surface area contributed by atoms with Gasteiger partial charge in [-0.2, -0.15) is 0 Å². The van der Waals surface area contributed by atoms with Gasteiger partial charge in [-0.15, -0.1) is 0 Å². The molecule has 1 aromatic heterocycles. The number of benzene rings is 1. The van der Waals surface area contributed by atoms with E-state index < -0.39 is 5.97 Å². The largest absolute Gasteiger partial charge is 0.481 e. The highest BCUT2D eigenvalue weighted by atomic mass is 32.2. The Kier molecular flexibility index (Phi) is 3.95. The lowest BCUT2D eigenvalue weighted by Gasteiger charge is -2.13. The lowest BCUT2D eigenvalue weighted by molar-refractivity contribution is -0.133. The van der Waals surface area contributed by atoms with Gasteiger partial charge in [0.1, 0.15) is 0 Å². The average Bonchev–Trinajstić information content (AvgIpc) is 2.71. The number of aliphatic carboxylic acids is 1. The Morgan fingerprint density at radius 1 is 1.37 bits per heavy atom. The Balaban J connectivity index is 2.46. The second-order valence-electron chi connectivity index (χ2n) is 4.49. The molecule has 19 heavy (non-hydrogen) atoms. The van der Waals surface area contributed by atoms with Gasteiger partial charge in [0.2, 0.25) is 0 Å². The fourth-order valence-corrected chi connectivity index (χ4v) is 2.65. The molecule has 0 bridgehead atoms. The summed E-state index contributed by atoms with van der Waals surface area (Å²) in [4.78, 5) is 15.0. The molecule has 5 heteroatoms. The first kappa shape index (κ1) is 13.7. The zero-order valence-corrected chi connectivity index (χ0v) is 12.0. The van der Waals surface area contributed by atoms with Crippen molar-refractivity contribution in [2.75, 3.05) is 5.75 Å². The molecule has 0 aliphatic heterocycles. The molecule has 100 valence electrons. The normalized spacial score (nSPS) is 10.7. The summed E-state index contributed by atoms with van der Waals surface area (Å²) >= 11 is 1.24. The summed E-state index contributed by atoms with van der Waals surface area (Å²) in [5, 5.41) is 9.50. The van der Waals surface area contributed by atoms with Gasteiger partial charge in [-0.3, -0.25) is 9.36 Å². The zero-order chi connectivity index (χ0) is 14.0. The number of aryl methyl sites for hydroxylation is 3. The summed E-state index contributed by atoms with van der Waals surface area (Å²) in [6.07, 6.45) is 1.77. The first-order chi connectivity index (χ1) is 8.99. The number of hydrogen-bond donors (Lipinski definition) is 1. The highest BCUT2D eigenvalue weighted by Gasteiger charge is 2.13. The molecule has 0 saturated heterocycles. The number of rotatable bonds is 4. The van der Waals surface area contributed by atoms with Crippen LogP contribution in [0.4, 0.5) is 0 Å². The number of carbonyl (C=O) groups is 1. The van der Waals surface area contributed by atoms with Crippen molar-refractivity contribution in [1.29, 1.82) is 0 Å². The third-order valence-electron chi connectivity index (χ3n) is 2.84. The van der Waals surface area contributed by atoms with E-state index in [0.717, 1.165) is 16.9 Å². The molecule has 0 saturated carbocycles. The van der Waals surface area contributed by atoms with Gasteiger partial charge >= 0.3 is 5.97 Å². The number of imidazole rings is 1. The van der Waals surface area contributed by atoms with Crippen molar-refractivity contribution in [3.63, 3.8) is 0 Å². The highest BCUT2D eigenvalue weighted by Crippen LogP contribution is 2.25. The maximum atomic E-state index is 10.7. The molecule has 0 aliphatic carbocycles. The average molecular weight is 276 g/mol. The number of thioether (sulfide) groups is 1. The minimum atomic E-state index is -0.835. The van der Waals surface area contributed by atoms with Crippen molar-refractivity contribution >= 4 is 17.7 Å². The molecule has 0 amide bonds. The number of nitrogens with zero attached hydrogens (tertiary/aromatic N) is 2. The first-order valence-electron chi connectivity index (χ1n) is 5.95. The number of carboxylic acid groups (broad SMARTS) is 1. The van der Waals surface area contributed by atoms with Crippen LogP contribution in [-0.4, -0.2) is 26.4 Å². The molecular weight excluding hydrogens is 260 g/mol. The minimum absolute atomic E-state index is 0.0152. The van der Waals surface area contributed by atoms with Gasteiger partial charge in [0, 0.05) is 11.9 Å². The van der Waals surface area contributed by atoms with Crippen LogP contribution in [0, 0.1) is 20.8 Å². The van der Waals surface area contributed by atoms with E-state index in [9.17, 15) is 4.79 Å². The summed E-state index contributed by atoms with van der Waals surface area (Å²) in [6, 6.07) is 6.22. The van der Waals surface area contributed by atoms with Crippen molar-refractivity contribution in [1.82, 2.24) is 9.55 Å². The van der Waals surface area contributed by atoms with Crippen LogP contribution < -0.4 is 0 Å². The Morgan fingerprint density at radius 2 is 2.11 bits per heavy atom. The van der Waals surface area contributed by atoms with Crippen LogP contribution in [0.25, 0.3) is 5.69 Å². The van der Waals surface area contributed by atoms with Crippen LogP contribution >= 0.6 is 11.8 Å². The van der Waals surface area contributed by atoms with Crippen molar-refractivity contribution in [2.24, 2.45) is 0 Å². The lowest BCUT2D eigenvalue weighted by Crippen LogP contribution is -2.04. The third kappa shape index (κ3) is 2.98. The van der Waals surface area contributed by atoms with Crippen LogP contribution in [0.2, 0.25) is 0 Å². The molecule has 1 heterocycles. The standard InChI is InChI=1S/C14H16N2O2S/c1-9-4-5-10(2)12(6-9)16-11(3)7-15-14(16)19-8-13(17)18/h4-7H,8H2,1-3H3,(H,17,18). The smallest absolute Gasteiger partial charge is 0.313 e. The van der Waals surface area contributed by atoms with Gasteiger partial charge in [-0.1, -0.05) is 23.9 Å². The molecule has 0 atom stereocenters. The SMILES string of the molecule is Cc1ccc(C)c(-n2c(C)cnc2SCC(=O)O)c1. The molecular formula is C14H16N2O2S. The molecule has 4 nitrogen and oxygen atoms in total. The molecule has 0 spiro atoms. The Bertz CT molecular complexity index is 620. The first-order valence-corrected chi connectivity index (χ1v) is 6.94. The number of carboxylic acids is 1. The van der Waals surface area contributed by atoms with E-state index in [1.54, 1.807) is 6.20 Å². The van der Waals surface area contributed by atoms with Crippen molar-refractivity contribution < 1.29 is 9.90 Å². The van der Waals surface area contributed by atoms with Crippen LogP contribution in [0.1, 0.15) is 16.8 Å². The van der Waals surface area contributed by atoms with Crippen LogP contribution in [-0.2, 0) is 4.79 Å². The van der Waals surface area contributed by atoms with Gasteiger partial charge < -0.3 is 5.11 Å². The molecule has 0 fully saturated rings. The molecule has 0 aliphatic rings. The van der Waals surface area contributed by atoms with Crippen LogP contribution in [0.5, 0.6) is 0 Å². The van der Waals surface area contributed by atoms with Crippen molar-refractivity contribution in [2.45, 2.75) is 25.9 Å². The van der Waals surface area contributed by atoms with Gasteiger partial charge in [-0.25, -0.2) is 4.98 Å². The highest BCUT2D eigenvalue weighted by molar-refractivity contribution is 7.99. The van der Waals surface area contributed by atoms with Crippen molar-refractivity contribution in [3.05, 3.63) is 41.2 Å². The summed E-state index contributed by atoms with van der Waals surface area (Å²) in [6.45, 7) is 6.05. The molecule has 2 rings (SSSR count). The monoisotopic (exact) mass is 276 g/mol. The molecule has 0 radical (unpaired) electrons. The summed E-state index contributed by atoms with van der Waals surface area (Å²) in [5.74, 6) is -0.820. The van der Waals surface area contributed by atoms with E-state index in [4.69, 9.17) is 5.11 Å². The number of aromatic nitrogens is 2. The summed E-state index contributed by atoms with van der Waals surface area (Å²) in [5.41, 5.74) is 4.37. The maximum Gasteiger partial charge on any atom is 0.313 e. The van der Waals surface area contributed by atoms with E-state index in [1.165, 1.54) is 17.3 Å². The fraction of sp³-hybridized carbons (Fsp3) is 0.286. The lowest BCUT2D eigenvalue weighted by atomic mass is 10.1. The fourth-order valence-electron chi connectivity index (χ4n) is 1.90. The van der Waals surface area contributed by atoms with Crippen molar-refractivity contribution in [3.8, 4) is 5.69 Å². The number of hydrogen-bond acceptors (Lipinski definition) is 3.